The van der Waals surface area contributed by atoms with Crippen LogP contribution >= 0.6 is 0 Å². The van der Waals surface area contributed by atoms with E-state index in [9.17, 15) is 9.59 Å². The number of carbonyl (C=O) groups excluding carboxylic acids is 2. The maximum Gasteiger partial charge on any atom is 0.260 e. The van der Waals surface area contributed by atoms with E-state index < -0.39 is 0 Å². The molecule has 23 heavy (non-hydrogen) atoms. The Bertz CT molecular complexity index is 385. The summed E-state index contributed by atoms with van der Waals surface area (Å²) >= 11 is 0. The van der Waals surface area contributed by atoms with E-state index in [0.29, 0.717) is 0 Å². The minimum absolute atomic E-state index is 0. The molecule has 1 radical (unpaired) electrons. The van der Waals surface area contributed by atoms with Crippen LogP contribution in [0, 0.1) is 11.8 Å². The first-order valence-electron chi connectivity index (χ1n) is 8.06. The van der Waals surface area contributed by atoms with Crippen molar-refractivity contribution in [3.63, 3.8) is 0 Å². The number of hydrogen-bond donors (Lipinski definition) is 2. The predicted molar refractivity (Wildman–Crippen MR) is 86.4 cm³/mol. The summed E-state index contributed by atoms with van der Waals surface area (Å²) in [5, 5.41) is 10.0. The number of amides is 1. The van der Waals surface area contributed by atoms with Gasteiger partial charge in [0.05, 0.1) is 5.71 Å². The summed E-state index contributed by atoms with van der Waals surface area (Å²) in [5.74, 6) is 0.153. The molecule has 0 aromatic carbocycles. The van der Waals surface area contributed by atoms with E-state index in [-0.39, 0.29) is 57.2 Å². The second kappa shape index (κ2) is 13.0. The van der Waals surface area contributed by atoms with Gasteiger partial charge in [0.2, 0.25) is 0 Å². The van der Waals surface area contributed by atoms with Gasteiger partial charge in [0.15, 0.2) is 6.61 Å². The number of hydrogen-bond acceptors (Lipinski definition) is 5. The minimum atomic E-state index is -0.334. The molecule has 0 spiro atoms. The van der Waals surface area contributed by atoms with E-state index in [2.05, 4.69) is 15.8 Å². The Labute approximate surface area is 164 Å². The van der Waals surface area contributed by atoms with E-state index in [1.54, 1.807) is 13.8 Å². The van der Waals surface area contributed by atoms with Crippen LogP contribution in [0.2, 0.25) is 0 Å². The molecule has 7 heteroatoms. The number of piperidine rings is 1. The van der Waals surface area contributed by atoms with Crippen LogP contribution in [0.25, 0.3) is 0 Å². The molecule has 2 unspecified atom stereocenters. The summed E-state index contributed by atoms with van der Waals surface area (Å²) in [4.78, 5) is 27.2. The second-order valence-electron chi connectivity index (χ2n) is 6.09. The first-order valence-corrected chi connectivity index (χ1v) is 8.06. The SMILES string of the molecule is C/C(CCC1CCNCC1)=N\OCC(=O)NC(C)C(C)[C-]=O.[Y]. The van der Waals surface area contributed by atoms with Gasteiger partial charge in [-0.05, 0) is 58.5 Å². The van der Waals surface area contributed by atoms with E-state index in [4.69, 9.17) is 4.84 Å². The Morgan fingerprint density at radius 1 is 1.39 bits per heavy atom. The van der Waals surface area contributed by atoms with Gasteiger partial charge < -0.3 is 20.3 Å². The van der Waals surface area contributed by atoms with Crippen molar-refractivity contribution >= 4 is 17.9 Å². The molecule has 1 fully saturated rings. The summed E-state index contributed by atoms with van der Waals surface area (Å²) in [7, 11) is 0. The first-order chi connectivity index (χ1) is 10.5. The standard InChI is InChI=1S/C16H28N3O3.Y/c1-12(10-20)14(3)18-16(21)11-22-19-13(2)4-5-15-6-8-17-9-7-15;/h12,14-15,17H,4-9,11H2,1-3H3,(H,18,21);/q-1;/b19-13+;. The van der Waals surface area contributed by atoms with Crippen molar-refractivity contribution < 1.29 is 47.1 Å². The van der Waals surface area contributed by atoms with Gasteiger partial charge in [0.1, 0.15) is 0 Å². The average molecular weight is 399 g/mol. The Balaban J connectivity index is 0.00000484. The maximum absolute atomic E-state index is 11.6. The van der Waals surface area contributed by atoms with Crippen molar-refractivity contribution in [3.05, 3.63) is 0 Å². The topological polar surface area (TPSA) is 79.8 Å². The molecule has 6 nitrogen and oxygen atoms in total. The normalized spacial score (nSPS) is 18.5. The molecular weight excluding hydrogens is 371 g/mol. The molecule has 1 heterocycles. The smallest absolute Gasteiger partial charge is 0.260 e. The Morgan fingerprint density at radius 2 is 2.04 bits per heavy atom. The molecule has 2 atom stereocenters. The second-order valence-corrected chi connectivity index (χ2v) is 6.09. The molecule has 0 saturated carbocycles. The largest absolute Gasteiger partial charge is 0.541 e. The van der Waals surface area contributed by atoms with Gasteiger partial charge in [-0.2, -0.15) is 0 Å². The molecule has 1 aliphatic rings. The maximum atomic E-state index is 11.6. The van der Waals surface area contributed by atoms with Crippen molar-refractivity contribution in [3.8, 4) is 0 Å². The molecule has 1 saturated heterocycles. The molecule has 0 aromatic rings. The van der Waals surface area contributed by atoms with Crippen molar-refractivity contribution in [2.75, 3.05) is 19.7 Å². The Morgan fingerprint density at radius 3 is 2.65 bits per heavy atom. The fourth-order valence-electron chi connectivity index (χ4n) is 2.35. The van der Waals surface area contributed by atoms with Gasteiger partial charge in [0, 0.05) is 38.8 Å². The number of rotatable bonds is 9. The summed E-state index contributed by atoms with van der Waals surface area (Å²) in [5.41, 5.74) is 0.911. The van der Waals surface area contributed by atoms with E-state index >= 15 is 0 Å². The minimum Gasteiger partial charge on any atom is -0.541 e. The van der Waals surface area contributed by atoms with Crippen molar-refractivity contribution in [2.24, 2.45) is 17.0 Å². The average Bonchev–Trinajstić information content (AvgIpc) is 2.53. The number of oxime groups is 1. The first kappa shape index (κ1) is 22.7. The van der Waals surface area contributed by atoms with Crippen LogP contribution in [-0.4, -0.2) is 43.6 Å². The zero-order valence-corrected chi connectivity index (χ0v) is 17.3. The number of carbonyl (C=O) groups is 1. The third kappa shape index (κ3) is 10.2. The van der Waals surface area contributed by atoms with Gasteiger partial charge >= 0.3 is 0 Å². The van der Waals surface area contributed by atoms with Gasteiger partial charge in [-0.1, -0.05) is 12.1 Å². The van der Waals surface area contributed by atoms with Gasteiger partial charge in [-0.3, -0.25) is 11.1 Å². The van der Waals surface area contributed by atoms with Gasteiger partial charge in [-0.15, -0.1) is 5.92 Å². The van der Waals surface area contributed by atoms with Crippen molar-refractivity contribution in [1.82, 2.24) is 10.6 Å². The molecule has 0 aromatic heterocycles. The Hall–Kier alpha value is -0.326. The summed E-state index contributed by atoms with van der Waals surface area (Å²) in [6, 6.07) is -0.251. The third-order valence-corrected chi connectivity index (χ3v) is 4.11. The quantitative estimate of drug-likeness (QED) is 0.349. The van der Waals surface area contributed by atoms with Crippen LogP contribution in [0.1, 0.15) is 46.5 Å². The molecule has 2 N–H and O–H groups in total. The summed E-state index contributed by atoms with van der Waals surface area (Å²) in [6.07, 6.45) is 6.32. The number of nitrogens with zero attached hydrogens (tertiary/aromatic N) is 1. The predicted octanol–water partition coefficient (Wildman–Crippen LogP) is 1.41. The molecule has 0 aliphatic carbocycles. The molecule has 1 aliphatic heterocycles. The van der Waals surface area contributed by atoms with Crippen LogP contribution in [0.5, 0.6) is 0 Å². The van der Waals surface area contributed by atoms with Gasteiger partial charge in [-0.25, -0.2) is 0 Å². The molecule has 129 valence electrons. The monoisotopic (exact) mass is 399 g/mol. The molecule has 1 rings (SSSR count). The van der Waals surface area contributed by atoms with Crippen LogP contribution in [-0.2, 0) is 47.1 Å². The molecule has 1 amide bonds. The zero-order valence-electron chi connectivity index (χ0n) is 14.4. The fraction of sp³-hybridized carbons (Fsp3) is 0.812. The molecule has 0 bridgehead atoms. The van der Waals surface area contributed by atoms with E-state index in [1.165, 1.54) is 12.8 Å². The van der Waals surface area contributed by atoms with E-state index in [1.807, 2.05) is 13.2 Å². The van der Waals surface area contributed by atoms with E-state index in [0.717, 1.165) is 37.6 Å². The fourth-order valence-corrected chi connectivity index (χ4v) is 2.35. The van der Waals surface area contributed by atoms with Crippen molar-refractivity contribution in [1.29, 1.82) is 0 Å². The summed E-state index contributed by atoms with van der Waals surface area (Å²) < 4.78 is 0. The number of nitrogens with one attached hydrogen (secondary N) is 2. The van der Waals surface area contributed by atoms with Crippen LogP contribution in [0.3, 0.4) is 0 Å². The van der Waals surface area contributed by atoms with Gasteiger partial charge in [0.25, 0.3) is 5.91 Å². The van der Waals surface area contributed by atoms with Crippen LogP contribution in [0.15, 0.2) is 5.16 Å². The van der Waals surface area contributed by atoms with Crippen LogP contribution < -0.4 is 10.6 Å². The molecular formula is C16H28N3O3Y-. The van der Waals surface area contributed by atoms with Crippen LogP contribution in [0.4, 0.5) is 0 Å². The zero-order chi connectivity index (χ0) is 16.4. The van der Waals surface area contributed by atoms with Crippen molar-refractivity contribution in [2.45, 2.75) is 52.5 Å². The Kier molecular flexibility index (Phi) is 12.8. The summed E-state index contributed by atoms with van der Waals surface area (Å²) in [6.45, 7) is 7.48. The third-order valence-electron chi connectivity index (χ3n) is 4.11.